The van der Waals surface area contributed by atoms with Gasteiger partial charge in [0, 0.05) is 44.3 Å². The molecule has 0 radical (unpaired) electrons. The van der Waals surface area contributed by atoms with E-state index in [-0.39, 0.29) is 11.1 Å². The summed E-state index contributed by atoms with van der Waals surface area (Å²) in [5.74, 6) is -0.360. The zero-order chi connectivity index (χ0) is 20.1. The van der Waals surface area contributed by atoms with Crippen molar-refractivity contribution in [3.63, 3.8) is 0 Å². The van der Waals surface area contributed by atoms with Crippen LogP contribution in [-0.2, 0) is 4.79 Å². The van der Waals surface area contributed by atoms with Gasteiger partial charge < -0.3 is 20.4 Å². The molecule has 3 amide bonds. The smallest absolute Gasteiger partial charge is 0.318 e. The van der Waals surface area contributed by atoms with Crippen molar-refractivity contribution in [1.29, 1.82) is 0 Å². The lowest BCUT2D eigenvalue weighted by molar-refractivity contribution is -0.117. The maximum Gasteiger partial charge on any atom is 0.318 e. The number of carbonyl (C=O) groups excluding carboxylic acids is 2. The Balaban J connectivity index is 1.48. The number of carbonyl (C=O) groups is 2. The van der Waals surface area contributed by atoms with Crippen molar-refractivity contribution in [2.24, 2.45) is 0 Å². The van der Waals surface area contributed by atoms with Gasteiger partial charge in [-0.3, -0.25) is 4.79 Å². The quantitative estimate of drug-likeness (QED) is 0.811. The summed E-state index contributed by atoms with van der Waals surface area (Å²) < 4.78 is 13.2. The van der Waals surface area contributed by atoms with E-state index in [1.807, 2.05) is 4.90 Å². The molecule has 2 N–H and O–H groups in total. The molecular formula is C18H20ClFN6O2. The van der Waals surface area contributed by atoms with Gasteiger partial charge in [-0.1, -0.05) is 11.6 Å². The Kier molecular flexibility index (Phi) is 6.25. The van der Waals surface area contributed by atoms with Gasteiger partial charge >= 0.3 is 6.03 Å². The molecule has 1 aliphatic heterocycles. The van der Waals surface area contributed by atoms with Gasteiger partial charge in [0.2, 0.25) is 11.9 Å². The predicted octanol–water partition coefficient (Wildman–Crippen LogP) is 2.13. The Labute approximate surface area is 166 Å². The number of urea groups is 1. The van der Waals surface area contributed by atoms with Crippen LogP contribution in [0.4, 0.5) is 20.8 Å². The summed E-state index contributed by atoms with van der Waals surface area (Å²) in [5, 5.41) is 5.18. The summed E-state index contributed by atoms with van der Waals surface area (Å²) in [6, 6.07) is 4.53. The first-order valence-electron chi connectivity index (χ1n) is 8.77. The van der Waals surface area contributed by atoms with Crippen LogP contribution >= 0.6 is 11.6 Å². The molecule has 2 aromatic rings. The Morgan fingerprint density at radius 2 is 1.86 bits per heavy atom. The van der Waals surface area contributed by atoms with Gasteiger partial charge in [0.1, 0.15) is 11.9 Å². The third-order valence-corrected chi connectivity index (χ3v) is 4.61. The Hall–Kier alpha value is -2.94. The highest BCUT2D eigenvalue weighted by molar-refractivity contribution is 6.31. The number of aromatic nitrogens is 2. The normalized spacial score (nSPS) is 15.1. The highest BCUT2D eigenvalue weighted by atomic mass is 35.5. The highest BCUT2D eigenvalue weighted by Crippen LogP contribution is 2.19. The second-order valence-electron chi connectivity index (χ2n) is 6.31. The summed E-state index contributed by atoms with van der Waals surface area (Å²) in [4.78, 5) is 36.7. The number of anilines is 2. The SMILES string of the molecule is CC(NC(=O)N1CCN(c2ncccn2)CC1)C(=O)Nc1ccc(F)c(Cl)c1. The summed E-state index contributed by atoms with van der Waals surface area (Å²) in [5.41, 5.74) is 0.356. The van der Waals surface area contributed by atoms with Crippen LogP contribution in [0.15, 0.2) is 36.7 Å². The average molecular weight is 407 g/mol. The lowest BCUT2D eigenvalue weighted by Gasteiger charge is -2.35. The van der Waals surface area contributed by atoms with E-state index in [4.69, 9.17) is 11.6 Å². The second-order valence-corrected chi connectivity index (χ2v) is 6.72. The van der Waals surface area contributed by atoms with Crippen molar-refractivity contribution in [3.05, 3.63) is 47.5 Å². The van der Waals surface area contributed by atoms with Gasteiger partial charge in [0.25, 0.3) is 0 Å². The number of benzene rings is 1. The number of halogens is 2. The van der Waals surface area contributed by atoms with E-state index in [9.17, 15) is 14.0 Å². The first-order valence-corrected chi connectivity index (χ1v) is 9.15. The van der Waals surface area contributed by atoms with Gasteiger partial charge in [-0.2, -0.15) is 0 Å². The van der Waals surface area contributed by atoms with Crippen molar-refractivity contribution in [2.75, 3.05) is 36.4 Å². The van der Waals surface area contributed by atoms with E-state index in [0.29, 0.717) is 37.8 Å². The van der Waals surface area contributed by atoms with Gasteiger partial charge in [-0.15, -0.1) is 0 Å². The molecule has 1 fully saturated rings. The van der Waals surface area contributed by atoms with Crippen molar-refractivity contribution in [1.82, 2.24) is 20.2 Å². The molecule has 8 nitrogen and oxygen atoms in total. The summed E-state index contributed by atoms with van der Waals surface area (Å²) >= 11 is 5.70. The molecule has 0 saturated carbocycles. The highest BCUT2D eigenvalue weighted by Gasteiger charge is 2.25. The molecule has 0 bridgehead atoms. The Morgan fingerprint density at radius 3 is 2.50 bits per heavy atom. The van der Waals surface area contributed by atoms with E-state index in [1.165, 1.54) is 12.1 Å². The van der Waals surface area contributed by atoms with Crippen molar-refractivity contribution in [3.8, 4) is 0 Å². The van der Waals surface area contributed by atoms with Crippen LogP contribution in [0, 0.1) is 5.82 Å². The number of rotatable bonds is 4. The molecule has 1 saturated heterocycles. The number of amides is 3. The van der Waals surface area contributed by atoms with E-state index in [1.54, 1.807) is 30.3 Å². The summed E-state index contributed by atoms with van der Waals surface area (Å²) in [6.45, 7) is 3.77. The van der Waals surface area contributed by atoms with Crippen LogP contribution in [0.25, 0.3) is 0 Å². The monoisotopic (exact) mass is 406 g/mol. The Morgan fingerprint density at radius 1 is 1.18 bits per heavy atom. The molecule has 148 valence electrons. The van der Waals surface area contributed by atoms with Crippen LogP contribution in [0.3, 0.4) is 0 Å². The summed E-state index contributed by atoms with van der Waals surface area (Å²) in [6.07, 6.45) is 3.35. The second kappa shape index (κ2) is 8.83. The zero-order valence-corrected chi connectivity index (χ0v) is 16.0. The van der Waals surface area contributed by atoms with Gasteiger partial charge in [-0.25, -0.2) is 19.2 Å². The lowest BCUT2D eigenvalue weighted by Crippen LogP contribution is -2.55. The molecule has 3 rings (SSSR count). The van der Waals surface area contributed by atoms with Crippen LogP contribution in [0.2, 0.25) is 5.02 Å². The van der Waals surface area contributed by atoms with Crippen LogP contribution in [0.1, 0.15) is 6.92 Å². The van der Waals surface area contributed by atoms with Crippen molar-refractivity contribution in [2.45, 2.75) is 13.0 Å². The number of hydrogen-bond acceptors (Lipinski definition) is 5. The molecular weight excluding hydrogens is 387 g/mol. The molecule has 1 aromatic carbocycles. The molecule has 1 aliphatic rings. The third kappa shape index (κ3) is 4.86. The standard InChI is InChI=1S/C18H20ClFN6O2/c1-12(16(27)24-13-3-4-15(20)14(19)11-13)23-18(28)26-9-7-25(8-10-26)17-21-5-2-6-22-17/h2-6,11-12H,7-10H2,1H3,(H,23,28)(H,24,27). The third-order valence-electron chi connectivity index (χ3n) is 4.32. The average Bonchev–Trinajstić information content (AvgIpc) is 2.71. The van der Waals surface area contributed by atoms with E-state index < -0.39 is 17.8 Å². The summed E-state index contributed by atoms with van der Waals surface area (Å²) in [7, 11) is 0. The minimum absolute atomic E-state index is 0.0882. The molecule has 0 aliphatic carbocycles. The van der Waals surface area contributed by atoms with Gasteiger partial charge in [-0.05, 0) is 31.2 Å². The topological polar surface area (TPSA) is 90.5 Å². The van der Waals surface area contributed by atoms with Gasteiger partial charge in [0.05, 0.1) is 5.02 Å². The fraction of sp³-hybridized carbons (Fsp3) is 0.333. The molecule has 0 spiro atoms. The molecule has 1 aromatic heterocycles. The molecule has 10 heteroatoms. The lowest BCUT2D eigenvalue weighted by atomic mass is 10.2. The fourth-order valence-electron chi connectivity index (χ4n) is 2.73. The van der Waals surface area contributed by atoms with E-state index in [2.05, 4.69) is 20.6 Å². The first kappa shape index (κ1) is 19.8. The molecule has 1 unspecified atom stereocenters. The van der Waals surface area contributed by atoms with Gasteiger partial charge in [0.15, 0.2) is 0 Å². The molecule has 2 heterocycles. The Bertz CT molecular complexity index is 845. The minimum Gasteiger partial charge on any atom is -0.337 e. The maximum atomic E-state index is 13.2. The predicted molar refractivity (Wildman–Crippen MR) is 104 cm³/mol. The zero-order valence-electron chi connectivity index (χ0n) is 15.2. The number of nitrogens with one attached hydrogen (secondary N) is 2. The van der Waals surface area contributed by atoms with Crippen LogP contribution < -0.4 is 15.5 Å². The fourth-order valence-corrected chi connectivity index (χ4v) is 2.91. The van der Waals surface area contributed by atoms with E-state index in [0.717, 1.165) is 6.07 Å². The van der Waals surface area contributed by atoms with Crippen LogP contribution in [-0.4, -0.2) is 59.0 Å². The number of piperazine rings is 1. The number of hydrogen-bond donors (Lipinski definition) is 2. The molecule has 1 atom stereocenters. The first-order chi connectivity index (χ1) is 13.4. The largest absolute Gasteiger partial charge is 0.337 e. The van der Waals surface area contributed by atoms with Crippen molar-refractivity contribution < 1.29 is 14.0 Å². The van der Waals surface area contributed by atoms with E-state index >= 15 is 0 Å². The molecule has 28 heavy (non-hydrogen) atoms. The van der Waals surface area contributed by atoms with Crippen molar-refractivity contribution >= 4 is 35.2 Å². The minimum atomic E-state index is -0.771. The van der Waals surface area contributed by atoms with Crippen LogP contribution in [0.5, 0.6) is 0 Å². The number of nitrogens with zero attached hydrogens (tertiary/aromatic N) is 4. The maximum absolute atomic E-state index is 13.2.